The van der Waals surface area contributed by atoms with E-state index in [9.17, 15) is 0 Å². The van der Waals surface area contributed by atoms with Crippen molar-refractivity contribution in [1.82, 2.24) is 15.1 Å². The molecule has 0 aliphatic heterocycles. The van der Waals surface area contributed by atoms with Crippen molar-refractivity contribution in [1.29, 1.82) is 0 Å². The molecule has 1 atom stereocenters. The summed E-state index contributed by atoms with van der Waals surface area (Å²) >= 11 is 0. The van der Waals surface area contributed by atoms with Gasteiger partial charge in [-0.1, -0.05) is 6.07 Å². The van der Waals surface area contributed by atoms with E-state index in [-0.39, 0.29) is 0 Å². The van der Waals surface area contributed by atoms with Gasteiger partial charge in [-0.05, 0) is 30.7 Å². The largest absolute Gasteiger partial charge is 0.493 e. The van der Waals surface area contributed by atoms with Gasteiger partial charge in [0.1, 0.15) is 0 Å². The maximum absolute atomic E-state index is 5.30. The molecule has 2 rings (SSSR count). The molecule has 0 amide bonds. The van der Waals surface area contributed by atoms with Crippen molar-refractivity contribution >= 4 is 0 Å². The van der Waals surface area contributed by atoms with Gasteiger partial charge in [-0.15, -0.1) is 0 Å². The Kier molecular flexibility index (Phi) is 5.01. The topological polar surface area (TPSA) is 48.3 Å². The van der Waals surface area contributed by atoms with Crippen molar-refractivity contribution in [2.75, 3.05) is 14.2 Å². The molecule has 0 aliphatic carbocycles. The number of methoxy groups -OCH3 is 2. The molecule has 108 valence electrons. The zero-order chi connectivity index (χ0) is 14.4. The molecular formula is C15H21N3O2. The van der Waals surface area contributed by atoms with E-state index in [2.05, 4.69) is 17.3 Å². The fourth-order valence-corrected chi connectivity index (χ4v) is 2.04. The number of aromatic nitrogens is 2. The van der Waals surface area contributed by atoms with Crippen LogP contribution in [0, 0.1) is 0 Å². The molecule has 5 heteroatoms. The van der Waals surface area contributed by atoms with Crippen molar-refractivity contribution in [2.24, 2.45) is 0 Å². The Balaban J connectivity index is 1.90. The third kappa shape index (κ3) is 3.74. The molecule has 0 saturated carbocycles. The second-order valence-electron chi connectivity index (χ2n) is 4.70. The Labute approximate surface area is 119 Å². The van der Waals surface area contributed by atoms with E-state index in [1.807, 2.05) is 35.1 Å². The maximum Gasteiger partial charge on any atom is 0.161 e. The molecule has 0 unspecified atom stereocenters. The first-order valence-corrected chi connectivity index (χ1v) is 6.64. The number of hydrogen-bond acceptors (Lipinski definition) is 4. The molecule has 0 spiro atoms. The molecule has 0 bridgehead atoms. The summed E-state index contributed by atoms with van der Waals surface area (Å²) < 4.78 is 12.5. The SMILES string of the molecule is COc1ccc(CN[C@@H](C)Cn2cccn2)cc1OC. The van der Waals surface area contributed by atoms with Gasteiger partial charge in [0.25, 0.3) is 0 Å². The van der Waals surface area contributed by atoms with Crippen LogP contribution in [0.3, 0.4) is 0 Å². The molecule has 0 fully saturated rings. The summed E-state index contributed by atoms with van der Waals surface area (Å²) in [4.78, 5) is 0. The van der Waals surface area contributed by atoms with Gasteiger partial charge >= 0.3 is 0 Å². The van der Waals surface area contributed by atoms with E-state index in [4.69, 9.17) is 9.47 Å². The summed E-state index contributed by atoms with van der Waals surface area (Å²) in [5, 5.41) is 7.67. The lowest BCUT2D eigenvalue weighted by molar-refractivity contribution is 0.354. The maximum atomic E-state index is 5.30. The molecule has 20 heavy (non-hydrogen) atoms. The zero-order valence-corrected chi connectivity index (χ0v) is 12.2. The van der Waals surface area contributed by atoms with Crippen molar-refractivity contribution in [2.45, 2.75) is 26.1 Å². The Morgan fingerprint density at radius 1 is 1.25 bits per heavy atom. The number of ether oxygens (including phenoxy) is 2. The average Bonchev–Trinajstić information content (AvgIpc) is 2.97. The minimum Gasteiger partial charge on any atom is -0.493 e. The van der Waals surface area contributed by atoms with Crippen LogP contribution >= 0.6 is 0 Å². The van der Waals surface area contributed by atoms with Crippen LogP contribution in [-0.4, -0.2) is 30.0 Å². The second-order valence-corrected chi connectivity index (χ2v) is 4.70. The smallest absolute Gasteiger partial charge is 0.161 e. The van der Waals surface area contributed by atoms with Gasteiger partial charge in [0.05, 0.1) is 20.8 Å². The van der Waals surface area contributed by atoms with Gasteiger partial charge in [0, 0.05) is 25.0 Å². The monoisotopic (exact) mass is 275 g/mol. The first kappa shape index (κ1) is 14.4. The van der Waals surface area contributed by atoms with E-state index in [0.29, 0.717) is 6.04 Å². The highest BCUT2D eigenvalue weighted by molar-refractivity contribution is 5.42. The van der Waals surface area contributed by atoms with E-state index in [0.717, 1.165) is 30.2 Å². The molecule has 1 N–H and O–H groups in total. The average molecular weight is 275 g/mol. The molecule has 1 aromatic heterocycles. The Hall–Kier alpha value is -2.01. The van der Waals surface area contributed by atoms with E-state index >= 15 is 0 Å². The molecule has 2 aromatic rings. The van der Waals surface area contributed by atoms with Gasteiger partial charge in [-0.25, -0.2) is 0 Å². The van der Waals surface area contributed by atoms with Crippen LogP contribution in [0.4, 0.5) is 0 Å². The quantitative estimate of drug-likeness (QED) is 0.840. The fourth-order valence-electron chi connectivity index (χ4n) is 2.04. The summed E-state index contributed by atoms with van der Waals surface area (Å²) in [6.07, 6.45) is 3.76. The van der Waals surface area contributed by atoms with Crippen LogP contribution in [-0.2, 0) is 13.1 Å². The highest BCUT2D eigenvalue weighted by Crippen LogP contribution is 2.27. The van der Waals surface area contributed by atoms with Gasteiger partial charge in [0.2, 0.25) is 0 Å². The van der Waals surface area contributed by atoms with Crippen LogP contribution in [0.5, 0.6) is 11.5 Å². The summed E-state index contributed by atoms with van der Waals surface area (Å²) in [6, 6.07) is 8.22. The third-order valence-electron chi connectivity index (χ3n) is 3.12. The highest BCUT2D eigenvalue weighted by atomic mass is 16.5. The van der Waals surface area contributed by atoms with Crippen LogP contribution in [0.1, 0.15) is 12.5 Å². The van der Waals surface area contributed by atoms with E-state index < -0.39 is 0 Å². The van der Waals surface area contributed by atoms with Crippen LogP contribution in [0.25, 0.3) is 0 Å². The Morgan fingerprint density at radius 3 is 2.70 bits per heavy atom. The van der Waals surface area contributed by atoms with Gasteiger partial charge in [0.15, 0.2) is 11.5 Å². The summed E-state index contributed by atoms with van der Waals surface area (Å²) in [7, 11) is 3.29. The van der Waals surface area contributed by atoms with Crippen LogP contribution < -0.4 is 14.8 Å². The molecule has 1 heterocycles. The number of nitrogens with one attached hydrogen (secondary N) is 1. The lowest BCUT2D eigenvalue weighted by Crippen LogP contribution is -2.30. The number of nitrogens with zero attached hydrogens (tertiary/aromatic N) is 2. The lowest BCUT2D eigenvalue weighted by Gasteiger charge is -2.15. The standard InChI is InChI=1S/C15H21N3O2/c1-12(11-18-8-4-7-17-18)16-10-13-5-6-14(19-2)15(9-13)20-3/h4-9,12,16H,10-11H2,1-3H3/t12-/m0/s1. The first-order chi connectivity index (χ1) is 9.72. The van der Waals surface area contributed by atoms with Crippen LogP contribution in [0.15, 0.2) is 36.7 Å². The Morgan fingerprint density at radius 2 is 2.05 bits per heavy atom. The van der Waals surface area contributed by atoms with E-state index in [1.165, 1.54) is 0 Å². The number of hydrogen-bond donors (Lipinski definition) is 1. The van der Waals surface area contributed by atoms with Crippen molar-refractivity contribution < 1.29 is 9.47 Å². The molecule has 0 aliphatic rings. The molecule has 5 nitrogen and oxygen atoms in total. The second kappa shape index (κ2) is 6.96. The minimum atomic E-state index is 0.336. The summed E-state index contributed by atoms with van der Waals surface area (Å²) in [5.74, 6) is 1.51. The zero-order valence-electron chi connectivity index (χ0n) is 12.2. The number of rotatable bonds is 7. The van der Waals surface area contributed by atoms with Crippen LogP contribution in [0.2, 0.25) is 0 Å². The molecule has 0 saturated heterocycles. The Bertz CT molecular complexity index is 526. The normalized spacial score (nSPS) is 12.2. The molecular weight excluding hydrogens is 254 g/mol. The highest BCUT2D eigenvalue weighted by Gasteiger charge is 2.06. The van der Waals surface area contributed by atoms with Gasteiger partial charge < -0.3 is 14.8 Å². The van der Waals surface area contributed by atoms with Crippen molar-refractivity contribution in [3.8, 4) is 11.5 Å². The number of benzene rings is 1. The summed E-state index contributed by atoms with van der Waals surface area (Å²) in [6.45, 7) is 3.77. The minimum absolute atomic E-state index is 0.336. The molecule has 0 radical (unpaired) electrons. The lowest BCUT2D eigenvalue weighted by atomic mass is 10.2. The van der Waals surface area contributed by atoms with Crippen molar-refractivity contribution in [3.63, 3.8) is 0 Å². The summed E-state index contributed by atoms with van der Waals surface area (Å²) in [5.41, 5.74) is 1.16. The van der Waals surface area contributed by atoms with E-state index in [1.54, 1.807) is 20.4 Å². The van der Waals surface area contributed by atoms with Gasteiger partial charge in [-0.3, -0.25) is 4.68 Å². The predicted molar refractivity (Wildman–Crippen MR) is 78.1 cm³/mol. The third-order valence-corrected chi connectivity index (χ3v) is 3.12. The fraction of sp³-hybridized carbons (Fsp3) is 0.400. The first-order valence-electron chi connectivity index (χ1n) is 6.64. The van der Waals surface area contributed by atoms with Crippen molar-refractivity contribution in [3.05, 3.63) is 42.2 Å². The van der Waals surface area contributed by atoms with Gasteiger partial charge in [-0.2, -0.15) is 5.10 Å². The molecule has 1 aromatic carbocycles. The predicted octanol–water partition coefficient (Wildman–Crippen LogP) is 2.08.